The van der Waals surface area contributed by atoms with Gasteiger partial charge in [0, 0.05) is 33.4 Å². The Bertz CT molecular complexity index is 462. The first-order valence-corrected chi connectivity index (χ1v) is 4.91. The molecule has 0 aliphatic heterocycles. The third kappa shape index (κ3) is 1.66. The summed E-state index contributed by atoms with van der Waals surface area (Å²) in [5.74, 6) is 0.888. The number of imidazole rings is 1. The molecule has 2 aromatic rings. The van der Waals surface area contributed by atoms with E-state index in [9.17, 15) is 0 Å². The molecular formula is C10H15N5. The highest BCUT2D eigenvalue weighted by Gasteiger charge is 2.09. The van der Waals surface area contributed by atoms with E-state index in [2.05, 4.69) is 9.97 Å². The van der Waals surface area contributed by atoms with Gasteiger partial charge < -0.3 is 15.2 Å². The number of nitrogens with zero attached hydrogens (tertiary/aromatic N) is 4. The molecule has 0 unspecified atom stereocenters. The monoisotopic (exact) mass is 205 g/mol. The fourth-order valence-corrected chi connectivity index (χ4v) is 1.63. The van der Waals surface area contributed by atoms with Crippen LogP contribution in [0.15, 0.2) is 18.6 Å². The predicted molar refractivity (Wildman–Crippen MR) is 60.8 cm³/mol. The zero-order valence-electron chi connectivity index (χ0n) is 9.01. The van der Waals surface area contributed by atoms with Gasteiger partial charge in [-0.15, -0.1) is 0 Å². The lowest BCUT2D eigenvalue weighted by atomic mass is 10.3. The van der Waals surface area contributed by atoms with Crippen LogP contribution in [0.4, 0.5) is 5.82 Å². The first kappa shape index (κ1) is 9.92. The molecule has 0 aromatic carbocycles. The van der Waals surface area contributed by atoms with Gasteiger partial charge in [0.2, 0.25) is 0 Å². The molecule has 15 heavy (non-hydrogen) atoms. The van der Waals surface area contributed by atoms with E-state index in [1.807, 2.05) is 29.6 Å². The maximum Gasteiger partial charge on any atom is 0.156 e. The van der Waals surface area contributed by atoms with E-state index in [1.165, 1.54) is 0 Å². The van der Waals surface area contributed by atoms with E-state index in [-0.39, 0.29) is 0 Å². The summed E-state index contributed by atoms with van der Waals surface area (Å²) in [6, 6.07) is 1.96. The Morgan fingerprint density at radius 2 is 2.27 bits per heavy atom. The van der Waals surface area contributed by atoms with Crippen LogP contribution in [0.2, 0.25) is 0 Å². The fourth-order valence-electron chi connectivity index (χ4n) is 1.63. The predicted octanol–water partition coefficient (Wildman–Crippen LogP) is 0.363. The lowest BCUT2D eigenvalue weighted by Crippen LogP contribution is -2.25. The molecule has 0 aliphatic rings. The van der Waals surface area contributed by atoms with Crippen LogP contribution in [0.25, 0.3) is 11.0 Å². The number of aromatic nitrogens is 3. The van der Waals surface area contributed by atoms with Gasteiger partial charge in [0.25, 0.3) is 0 Å². The highest BCUT2D eigenvalue weighted by atomic mass is 15.2. The molecule has 2 aromatic heterocycles. The van der Waals surface area contributed by atoms with Crippen molar-refractivity contribution in [2.45, 2.75) is 0 Å². The Morgan fingerprint density at radius 1 is 1.47 bits per heavy atom. The lowest BCUT2D eigenvalue weighted by Gasteiger charge is -2.16. The van der Waals surface area contributed by atoms with Crippen LogP contribution in [-0.4, -0.2) is 34.7 Å². The summed E-state index contributed by atoms with van der Waals surface area (Å²) in [5.41, 5.74) is 7.53. The molecular weight excluding hydrogens is 190 g/mol. The van der Waals surface area contributed by atoms with Gasteiger partial charge in [0.05, 0.1) is 11.8 Å². The Balaban J connectivity index is 2.51. The Kier molecular flexibility index (Phi) is 2.55. The molecule has 5 nitrogen and oxygen atoms in total. The number of aryl methyl sites for hydroxylation is 1. The van der Waals surface area contributed by atoms with E-state index in [0.717, 1.165) is 23.4 Å². The molecule has 2 heterocycles. The van der Waals surface area contributed by atoms with Gasteiger partial charge in [-0.3, -0.25) is 0 Å². The van der Waals surface area contributed by atoms with Crippen molar-refractivity contribution in [2.75, 3.05) is 25.0 Å². The third-order valence-corrected chi connectivity index (χ3v) is 2.45. The molecule has 0 aliphatic carbocycles. The van der Waals surface area contributed by atoms with Crippen LogP contribution in [0.1, 0.15) is 0 Å². The molecule has 5 heteroatoms. The minimum absolute atomic E-state index is 0.613. The molecule has 0 spiro atoms. The third-order valence-electron chi connectivity index (χ3n) is 2.45. The van der Waals surface area contributed by atoms with Crippen LogP contribution >= 0.6 is 0 Å². The minimum atomic E-state index is 0.613. The topological polar surface area (TPSA) is 60.0 Å². The molecule has 0 saturated carbocycles. The Morgan fingerprint density at radius 3 is 3.00 bits per heavy atom. The molecule has 2 N–H and O–H groups in total. The number of fused-ring (bicyclic) bond motifs is 1. The van der Waals surface area contributed by atoms with Crippen molar-refractivity contribution in [2.24, 2.45) is 12.8 Å². The molecule has 0 atom stereocenters. The molecule has 0 amide bonds. The van der Waals surface area contributed by atoms with Crippen LogP contribution in [0, 0.1) is 0 Å². The van der Waals surface area contributed by atoms with Crippen molar-refractivity contribution >= 4 is 16.9 Å². The van der Waals surface area contributed by atoms with Crippen LogP contribution in [0.3, 0.4) is 0 Å². The zero-order chi connectivity index (χ0) is 10.8. The minimum Gasteiger partial charge on any atom is -0.357 e. The van der Waals surface area contributed by atoms with Gasteiger partial charge in [0.1, 0.15) is 5.52 Å². The van der Waals surface area contributed by atoms with Crippen molar-refractivity contribution in [1.29, 1.82) is 0 Å². The summed E-state index contributed by atoms with van der Waals surface area (Å²) in [6.45, 7) is 1.39. The van der Waals surface area contributed by atoms with Gasteiger partial charge in [-0.05, 0) is 6.07 Å². The van der Waals surface area contributed by atoms with E-state index < -0.39 is 0 Å². The quantitative estimate of drug-likeness (QED) is 0.786. The second kappa shape index (κ2) is 3.86. The normalized spacial score (nSPS) is 10.9. The number of anilines is 1. The summed E-state index contributed by atoms with van der Waals surface area (Å²) >= 11 is 0. The molecule has 0 radical (unpaired) electrons. The lowest BCUT2D eigenvalue weighted by molar-refractivity contribution is 0.872. The van der Waals surface area contributed by atoms with Gasteiger partial charge in [0.15, 0.2) is 5.82 Å². The van der Waals surface area contributed by atoms with E-state index >= 15 is 0 Å². The maximum atomic E-state index is 5.52. The van der Waals surface area contributed by atoms with E-state index in [0.29, 0.717) is 6.54 Å². The Labute approximate surface area is 88.5 Å². The zero-order valence-corrected chi connectivity index (χ0v) is 9.01. The molecule has 0 bridgehead atoms. The Hall–Kier alpha value is -1.62. The molecule has 2 rings (SSSR count). The second-order valence-corrected chi connectivity index (χ2v) is 3.57. The van der Waals surface area contributed by atoms with Crippen LogP contribution < -0.4 is 10.6 Å². The van der Waals surface area contributed by atoms with Gasteiger partial charge in [-0.25, -0.2) is 9.97 Å². The van der Waals surface area contributed by atoms with Crippen LogP contribution in [-0.2, 0) is 7.05 Å². The number of pyridine rings is 1. The fraction of sp³-hybridized carbons (Fsp3) is 0.400. The van der Waals surface area contributed by atoms with E-state index in [1.54, 1.807) is 12.5 Å². The molecule has 80 valence electrons. The number of likely N-dealkylation sites (N-methyl/N-ethyl adjacent to an activating group) is 1. The van der Waals surface area contributed by atoms with Gasteiger partial charge in [-0.1, -0.05) is 0 Å². The SMILES string of the molecule is CN(CCN)c1nccc2c1ncn2C. The van der Waals surface area contributed by atoms with Crippen molar-refractivity contribution in [3.8, 4) is 0 Å². The number of nitrogens with two attached hydrogens (primary N) is 1. The highest BCUT2D eigenvalue weighted by molar-refractivity contribution is 5.86. The second-order valence-electron chi connectivity index (χ2n) is 3.57. The first-order valence-electron chi connectivity index (χ1n) is 4.91. The number of hydrogen-bond acceptors (Lipinski definition) is 4. The van der Waals surface area contributed by atoms with Gasteiger partial charge in [-0.2, -0.15) is 0 Å². The summed E-state index contributed by atoms with van der Waals surface area (Å²) in [6.07, 6.45) is 3.60. The van der Waals surface area contributed by atoms with E-state index in [4.69, 9.17) is 5.73 Å². The number of rotatable bonds is 3. The van der Waals surface area contributed by atoms with Crippen LogP contribution in [0.5, 0.6) is 0 Å². The number of hydrogen-bond donors (Lipinski definition) is 1. The largest absolute Gasteiger partial charge is 0.357 e. The molecule has 0 saturated heterocycles. The maximum absolute atomic E-state index is 5.52. The summed E-state index contributed by atoms with van der Waals surface area (Å²) in [7, 11) is 3.95. The van der Waals surface area contributed by atoms with Crippen molar-refractivity contribution in [3.05, 3.63) is 18.6 Å². The van der Waals surface area contributed by atoms with Crippen molar-refractivity contribution < 1.29 is 0 Å². The summed E-state index contributed by atoms with van der Waals surface area (Å²) < 4.78 is 1.98. The highest BCUT2D eigenvalue weighted by Crippen LogP contribution is 2.20. The van der Waals surface area contributed by atoms with Crippen molar-refractivity contribution in [1.82, 2.24) is 14.5 Å². The average Bonchev–Trinajstić information content (AvgIpc) is 2.61. The smallest absolute Gasteiger partial charge is 0.156 e. The average molecular weight is 205 g/mol. The summed E-state index contributed by atoms with van der Waals surface area (Å²) in [5, 5.41) is 0. The standard InChI is InChI=1S/C10H15N5/c1-14(6-4-11)10-9-8(3-5-12-10)15(2)7-13-9/h3,5,7H,4,6,11H2,1-2H3. The van der Waals surface area contributed by atoms with Crippen molar-refractivity contribution in [3.63, 3.8) is 0 Å². The van der Waals surface area contributed by atoms with Gasteiger partial charge >= 0.3 is 0 Å². The molecule has 0 fully saturated rings. The first-order chi connectivity index (χ1) is 7.24. The summed E-state index contributed by atoms with van der Waals surface area (Å²) in [4.78, 5) is 10.7.